The lowest BCUT2D eigenvalue weighted by Crippen LogP contribution is -2.04. The van der Waals surface area contributed by atoms with Gasteiger partial charge in [-0.3, -0.25) is 0 Å². The average Bonchev–Trinajstić information content (AvgIpc) is 2.02. The van der Waals surface area contributed by atoms with Crippen LogP contribution in [-0.4, -0.2) is 24.2 Å². The second-order valence-corrected chi connectivity index (χ2v) is 2.15. The fraction of sp³-hybridized carbons (Fsp3) is 0.250. The van der Waals surface area contributed by atoms with Crippen molar-refractivity contribution in [1.29, 1.82) is 0 Å². The zero-order valence-corrected chi connectivity index (χ0v) is 6.96. The Morgan fingerprint density at radius 1 is 1.50 bits per heavy atom. The van der Waals surface area contributed by atoms with Crippen molar-refractivity contribution in [1.82, 2.24) is 0 Å². The van der Waals surface area contributed by atoms with Crippen LogP contribution in [-0.2, 0) is 14.3 Å². The molecule has 0 radical (unpaired) electrons. The number of rotatable bonds is 3. The van der Waals surface area contributed by atoms with Crippen LogP contribution in [0.1, 0.15) is 6.92 Å². The number of hydrogen-bond acceptors (Lipinski definition) is 3. The Morgan fingerprint density at radius 2 is 2.00 bits per heavy atom. The molecule has 0 aromatic heterocycles. The zero-order chi connectivity index (χ0) is 9.72. The number of aliphatic carboxylic acids is 1. The van der Waals surface area contributed by atoms with Gasteiger partial charge < -0.3 is 9.84 Å². The first-order valence-electron chi connectivity index (χ1n) is 3.18. The van der Waals surface area contributed by atoms with Crippen LogP contribution >= 0.6 is 0 Å². The van der Waals surface area contributed by atoms with Crippen molar-refractivity contribution in [3.05, 3.63) is 23.8 Å². The quantitative estimate of drug-likeness (QED) is 0.385. The standard InChI is InChI=1S/C8H10O4/c1-5(7(9)10)4-6(2)8(11)12-3/h4H,2H2,1,3H3,(H,9,10)/b5-4+. The monoisotopic (exact) mass is 170 g/mol. The molecule has 0 aliphatic carbocycles. The summed E-state index contributed by atoms with van der Waals surface area (Å²) in [5.41, 5.74) is 0.0720. The molecule has 0 aliphatic heterocycles. The summed E-state index contributed by atoms with van der Waals surface area (Å²) in [5, 5.41) is 8.42. The van der Waals surface area contributed by atoms with E-state index in [9.17, 15) is 9.59 Å². The summed E-state index contributed by atoms with van der Waals surface area (Å²) in [7, 11) is 1.21. The molecule has 0 aromatic carbocycles. The second-order valence-electron chi connectivity index (χ2n) is 2.15. The molecule has 0 bridgehead atoms. The summed E-state index contributed by atoms with van der Waals surface area (Å²) in [6, 6.07) is 0. The summed E-state index contributed by atoms with van der Waals surface area (Å²) in [4.78, 5) is 21.0. The molecule has 0 aliphatic rings. The van der Waals surface area contributed by atoms with Gasteiger partial charge in [-0.05, 0) is 13.0 Å². The number of methoxy groups -OCH3 is 1. The van der Waals surface area contributed by atoms with E-state index in [4.69, 9.17) is 5.11 Å². The molecular formula is C8H10O4. The van der Waals surface area contributed by atoms with E-state index in [0.717, 1.165) is 6.08 Å². The Labute approximate surface area is 70.1 Å². The minimum atomic E-state index is -1.08. The van der Waals surface area contributed by atoms with Gasteiger partial charge in [-0.2, -0.15) is 0 Å². The normalized spacial score (nSPS) is 10.7. The maximum absolute atomic E-state index is 10.7. The van der Waals surface area contributed by atoms with Crippen LogP contribution in [0.3, 0.4) is 0 Å². The van der Waals surface area contributed by atoms with Crippen molar-refractivity contribution in [2.24, 2.45) is 0 Å². The summed E-state index contributed by atoms with van der Waals surface area (Å²) >= 11 is 0. The maximum atomic E-state index is 10.7. The minimum absolute atomic E-state index is 0.0254. The van der Waals surface area contributed by atoms with Gasteiger partial charge in [0, 0.05) is 5.57 Å². The van der Waals surface area contributed by atoms with Crippen molar-refractivity contribution >= 4 is 11.9 Å². The first-order valence-corrected chi connectivity index (χ1v) is 3.18. The number of carbonyl (C=O) groups excluding carboxylic acids is 1. The molecule has 0 saturated heterocycles. The molecule has 0 saturated carbocycles. The summed E-state index contributed by atoms with van der Waals surface area (Å²) in [5.74, 6) is -1.71. The topological polar surface area (TPSA) is 63.6 Å². The van der Waals surface area contributed by atoms with E-state index in [-0.39, 0.29) is 11.1 Å². The zero-order valence-electron chi connectivity index (χ0n) is 6.96. The third-order valence-electron chi connectivity index (χ3n) is 1.18. The lowest BCUT2D eigenvalue weighted by molar-refractivity contribution is -0.135. The Kier molecular flexibility index (Phi) is 3.76. The van der Waals surface area contributed by atoms with Crippen molar-refractivity contribution in [2.45, 2.75) is 6.92 Å². The number of ether oxygens (including phenoxy) is 1. The molecular weight excluding hydrogens is 160 g/mol. The van der Waals surface area contributed by atoms with Gasteiger partial charge in [-0.1, -0.05) is 6.58 Å². The van der Waals surface area contributed by atoms with Crippen LogP contribution in [0, 0.1) is 0 Å². The Bertz CT molecular complexity index is 250. The van der Waals surface area contributed by atoms with Gasteiger partial charge >= 0.3 is 11.9 Å². The molecule has 0 atom stereocenters. The Balaban J connectivity index is 4.44. The lowest BCUT2D eigenvalue weighted by atomic mass is 10.2. The van der Waals surface area contributed by atoms with Gasteiger partial charge in [0.05, 0.1) is 12.7 Å². The molecule has 0 rings (SSSR count). The number of esters is 1. The minimum Gasteiger partial charge on any atom is -0.478 e. The van der Waals surface area contributed by atoms with Crippen molar-refractivity contribution in [3.63, 3.8) is 0 Å². The fourth-order valence-electron chi connectivity index (χ4n) is 0.513. The van der Waals surface area contributed by atoms with E-state index >= 15 is 0 Å². The van der Waals surface area contributed by atoms with Crippen LogP contribution in [0.2, 0.25) is 0 Å². The highest BCUT2D eigenvalue weighted by Crippen LogP contribution is 2.01. The van der Waals surface area contributed by atoms with E-state index in [1.807, 2.05) is 0 Å². The van der Waals surface area contributed by atoms with Crippen LogP contribution in [0.5, 0.6) is 0 Å². The van der Waals surface area contributed by atoms with Crippen LogP contribution < -0.4 is 0 Å². The summed E-state index contributed by atoms with van der Waals surface area (Å²) in [6.07, 6.45) is 1.16. The molecule has 0 spiro atoms. The van der Waals surface area contributed by atoms with Gasteiger partial charge in [0.2, 0.25) is 0 Å². The number of hydrogen-bond donors (Lipinski definition) is 1. The average molecular weight is 170 g/mol. The van der Waals surface area contributed by atoms with E-state index < -0.39 is 11.9 Å². The van der Waals surface area contributed by atoms with E-state index in [2.05, 4.69) is 11.3 Å². The summed E-state index contributed by atoms with van der Waals surface area (Å²) < 4.78 is 4.32. The maximum Gasteiger partial charge on any atom is 0.337 e. The molecule has 12 heavy (non-hydrogen) atoms. The molecule has 1 N–H and O–H groups in total. The molecule has 0 fully saturated rings. The first-order chi connectivity index (χ1) is 5.49. The largest absolute Gasteiger partial charge is 0.478 e. The van der Waals surface area contributed by atoms with Crippen LogP contribution in [0.25, 0.3) is 0 Å². The highest BCUT2D eigenvalue weighted by Gasteiger charge is 2.06. The molecule has 0 heterocycles. The summed E-state index contributed by atoms with van der Waals surface area (Å²) in [6.45, 7) is 4.71. The van der Waals surface area contributed by atoms with Crippen molar-refractivity contribution in [2.75, 3.05) is 7.11 Å². The van der Waals surface area contributed by atoms with Crippen molar-refractivity contribution in [3.8, 4) is 0 Å². The smallest absolute Gasteiger partial charge is 0.337 e. The molecule has 4 nitrogen and oxygen atoms in total. The molecule has 0 aromatic rings. The number of carboxylic acid groups (broad SMARTS) is 1. The predicted octanol–water partition coefficient (Wildman–Crippen LogP) is 0.746. The van der Waals surface area contributed by atoms with Crippen LogP contribution in [0.15, 0.2) is 23.8 Å². The second kappa shape index (κ2) is 4.33. The molecule has 4 heteroatoms. The third kappa shape index (κ3) is 3.01. The van der Waals surface area contributed by atoms with E-state index in [0.29, 0.717) is 0 Å². The highest BCUT2D eigenvalue weighted by atomic mass is 16.5. The Morgan fingerprint density at radius 3 is 2.33 bits per heavy atom. The number of carboxylic acids is 1. The van der Waals surface area contributed by atoms with Gasteiger partial charge in [-0.15, -0.1) is 0 Å². The van der Waals surface area contributed by atoms with E-state index in [1.54, 1.807) is 0 Å². The molecule has 66 valence electrons. The fourth-order valence-corrected chi connectivity index (χ4v) is 0.513. The van der Waals surface area contributed by atoms with Crippen molar-refractivity contribution < 1.29 is 19.4 Å². The highest BCUT2D eigenvalue weighted by molar-refractivity contribution is 5.94. The SMILES string of the molecule is C=C(/C=C(\C)C(=O)O)C(=O)OC. The van der Waals surface area contributed by atoms with Gasteiger partial charge in [0.15, 0.2) is 0 Å². The van der Waals surface area contributed by atoms with Gasteiger partial charge in [0.1, 0.15) is 0 Å². The first kappa shape index (κ1) is 10.4. The van der Waals surface area contributed by atoms with Crippen LogP contribution in [0.4, 0.5) is 0 Å². The third-order valence-corrected chi connectivity index (χ3v) is 1.18. The van der Waals surface area contributed by atoms with Gasteiger partial charge in [-0.25, -0.2) is 9.59 Å². The lowest BCUT2D eigenvalue weighted by Gasteiger charge is -1.97. The predicted molar refractivity (Wildman–Crippen MR) is 42.5 cm³/mol. The van der Waals surface area contributed by atoms with Gasteiger partial charge in [0.25, 0.3) is 0 Å². The molecule has 0 unspecified atom stereocenters. The molecule has 0 amide bonds. The van der Waals surface area contributed by atoms with E-state index in [1.165, 1.54) is 14.0 Å². The number of carbonyl (C=O) groups is 2. The Hall–Kier alpha value is -1.58.